The number of alkyl halides is 3. The highest BCUT2D eigenvalue weighted by Gasteiger charge is 2.58. The summed E-state index contributed by atoms with van der Waals surface area (Å²) in [6.45, 7) is 2.12. The monoisotopic (exact) mass is 304 g/mol. The second-order valence-electron chi connectivity index (χ2n) is 4.42. The normalized spacial score (nSPS) is 27.7. The number of benzene rings is 1. The molecule has 0 radical (unpaired) electrons. The minimum Gasteiger partial charge on any atom is -0.304 e. The molecular weight excluding hydrogens is 289 g/mol. The van der Waals surface area contributed by atoms with Crippen molar-refractivity contribution in [3.8, 4) is 0 Å². The van der Waals surface area contributed by atoms with Crippen LogP contribution in [0.2, 0.25) is 0 Å². The molecule has 0 saturated carbocycles. The summed E-state index contributed by atoms with van der Waals surface area (Å²) < 4.78 is 39.8. The van der Waals surface area contributed by atoms with Crippen molar-refractivity contribution in [3.05, 3.63) is 35.9 Å². The predicted molar refractivity (Wildman–Crippen MR) is 72.0 cm³/mol. The van der Waals surface area contributed by atoms with Crippen molar-refractivity contribution >= 4 is 18.0 Å². The largest absolute Gasteiger partial charge is 0.461 e. The zero-order valence-electron chi connectivity index (χ0n) is 10.9. The molecule has 1 heterocycles. The van der Waals surface area contributed by atoms with E-state index in [-0.39, 0.29) is 6.54 Å². The Morgan fingerprint density at radius 2 is 2.10 bits per heavy atom. The van der Waals surface area contributed by atoms with Crippen LogP contribution in [0.15, 0.2) is 30.3 Å². The summed E-state index contributed by atoms with van der Waals surface area (Å²) in [6.07, 6.45) is -4.17. The molecule has 2 unspecified atom stereocenters. The molecule has 1 aliphatic rings. The van der Waals surface area contributed by atoms with E-state index in [1.165, 1.54) is 0 Å². The van der Waals surface area contributed by atoms with Gasteiger partial charge in [0.2, 0.25) is 0 Å². The first-order chi connectivity index (χ1) is 9.44. The highest BCUT2D eigenvalue weighted by atomic mass is 32.2. The Labute approximate surface area is 119 Å². The van der Waals surface area contributed by atoms with Gasteiger partial charge in [-0.25, -0.2) is 0 Å². The van der Waals surface area contributed by atoms with Crippen molar-refractivity contribution < 1.29 is 18.0 Å². The molecule has 1 saturated heterocycles. The maximum Gasteiger partial charge on any atom is 0.461 e. The molecule has 1 N–H and O–H groups in total. The van der Waals surface area contributed by atoms with Gasteiger partial charge in [0.25, 0.3) is 0 Å². The first kappa shape index (κ1) is 15.3. The first-order valence-corrected chi connectivity index (χ1v) is 7.09. The van der Waals surface area contributed by atoms with Crippen molar-refractivity contribution in [1.82, 2.24) is 10.2 Å². The standard InChI is InChI=1S/C13H15F3N2OS/c1-2-17-11-8-18(13(14,15)16)12(9-19,20-11)10-6-4-3-5-7-10/h3-7,9,11,17H,2,8H2,1H3. The first-order valence-electron chi connectivity index (χ1n) is 6.21. The molecule has 0 spiro atoms. The Hall–Kier alpha value is -1.05. The van der Waals surface area contributed by atoms with Crippen LogP contribution in [0, 0.1) is 0 Å². The number of nitrogens with zero attached hydrogens (tertiary/aromatic N) is 1. The van der Waals surface area contributed by atoms with Crippen molar-refractivity contribution in [2.75, 3.05) is 13.1 Å². The van der Waals surface area contributed by atoms with Gasteiger partial charge in [-0.05, 0) is 12.1 Å². The van der Waals surface area contributed by atoms with Crippen LogP contribution >= 0.6 is 11.8 Å². The van der Waals surface area contributed by atoms with Crippen LogP contribution in [0.25, 0.3) is 0 Å². The number of carbonyl (C=O) groups excluding carboxylic acids is 1. The van der Waals surface area contributed by atoms with E-state index in [2.05, 4.69) is 5.32 Å². The number of halogens is 3. The number of carbonyl (C=O) groups is 1. The zero-order valence-corrected chi connectivity index (χ0v) is 11.7. The maximum absolute atomic E-state index is 13.3. The lowest BCUT2D eigenvalue weighted by molar-refractivity contribution is -0.258. The Balaban J connectivity index is 2.44. The van der Waals surface area contributed by atoms with Gasteiger partial charge in [0.05, 0.1) is 5.37 Å². The molecule has 110 valence electrons. The van der Waals surface area contributed by atoms with Crippen molar-refractivity contribution in [1.29, 1.82) is 0 Å². The smallest absolute Gasteiger partial charge is 0.304 e. The van der Waals surface area contributed by atoms with E-state index >= 15 is 0 Å². The summed E-state index contributed by atoms with van der Waals surface area (Å²) >= 11 is 0.998. The highest BCUT2D eigenvalue weighted by Crippen LogP contribution is 2.50. The molecule has 2 atom stereocenters. The molecule has 3 nitrogen and oxygen atoms in total. The van der Waals surface area contributed by atoms with Crippen LogP contribution in [-0.2, 0) is 9.67 Å². The van der Waals surface area contributed by atoms with Crippen LogP contribution in [-0.4, -0.2) is 35.9 Å². The van der Waals surface area contributed by atoms with Crippen LogP contribution < -0.4 is 5.32 Å². The van der Waals surface area contributed by atoms with Gasteiger partial charge in [-0.3, -0.25) is 4.79 Å². The number of rotatable bonds is 4. The van der Waals surface area contributed by atoms with E-state index in [1.54, 1.807) is 30.3 Å². The van der Waals surface area contributed by atoms with E-state index in [1.807, 2.05) is 6.92 Å². The molecular formula is C13H15F3N2OS. The van der Waals surface area contributed by atoms with Gasteiger partial charge in [0, 0.05) is 6.54 Å². The Morgan fingerprint density at radius 3 is 2.60 bits per heavy atom. The third-order valence-electron chi connectivity index (χ3n) is 3.16. The van der Waals surface area contributed by atoms with Gasteiger partial charge in [-0.15, -0.1) is 11.8 Å². The van der Waals surface area contributed by atoms with Crippen LogP contribution in [0.1, 0.15) is 12.5 Å². The molecule has 7 heteroatoms. The van der Waals surface area contributed by atoms with Crippen molar-refractivity contribution in [2.45, 2.75) is 23.5 Å². The quantitative estimate of drug-likeness (QED) is 0.684. The molecule has 1 aliphatic heterocycles. The van der Waals surface area contributed by atoms with E-state index < -0.39 is 16.5 Å². The summed E-state index contributed by atoms with van der Waals surface area (Å²) in [6, 6.07) is 8.08. The second-order valence-corrected chi connectivity index (χ2v) is 5.85. The molecule has 0 bridgehead atoms. The molecule has 0 aromatic heterocycles. The van der Waals surface area contributed by atoms with Crippen LogP contribution in [0.3, 0.4) is 0 Å². The summed E-state index contributed by atoms with van der Waals surface area (Å²) in [5.41, 5.74) is 0.345. The lowest BCUT2D eigenvalue weighted by Crippen LogP contribution is -2.49. The molecule has 1 aromatic carbocycles. The van der Waals surface area contributed by atoms with E-state index in [0.29, 0.717) is 23.3 Å². The van der Waals surface area contributed by atoms with Gasteiger partial charge < -0.3 is 5.32 Å². The second kappa shape index (κ2) is 5.75. The number of hydrogen-bond acceptors (Lipinski definition) is 4. The lowest BCUT2D eigenvalue weighted by Gasteiger charge is -2.33. The fourth-order valence-electron chi connectivity index (χ4n) is 2.31. The van der Waals surface area contributed by atoms with Crippen molar-refractivity contribution in [3.63, 3.8) is 0 Å². The number of nitrogens with one attached hydrogen (secondary N) is 1. The molecule has 1 fully saturated rings. The van der Waals surface area contributed by atoms with Crippen LogP contribution in [0.4, 0.5) is 13.2 Å². The SMILES string of the molecule is CCNC1CN(C(F)(F)F)C(C=O)(c2ccccc2)S1. The number of hydrogen-bond donors (Lipinski definition) is 1. The lowest BCUT2D eigenvalue weighted by atomic mass is 10.1. The van der Waals surface area contributed by atoms with Gasteiger partial charge in [-0.2, -0.15) is 18.1 Å². The predicted octanol–water partition coefficient (Wildman–Crippen LogP) is 2.54. The average molecular weight is 304 g/mol. The fraction of sp³-hybridized carbons (Fsp3) is 0.462. The summed E-state index contributed by atoms with van der Waals surface area (Å²) in [4.78, 5) is 10.1. The zero-order chi connectivity index (χ0) is 14.8. The topological polar surface area (TPSA) is 32.3 Å². The summed E-state index contributed by atoms with van der Waals surface area (Å²) in [5.74, 6) is 0. The van der Waals surface area contributed by atoms with E-state index in [0.717, 1.165) is 11.8 Å². The summed E-state index contributed by atoms with van der Waals surface area (Å²) in [5, 5.41) is 2.53. The third-order valence-corrected chi connectivity index (χ3v) is 4.67. The molecule has 20 heavy (non-hydrogen) atoms. The van der Waals surface area contributed by atoms with Gasteiger partial charge in [0.15, 0.2) is 11.2 Å². The number of thioether (sulfide) groups is 1. The Morgan fingerprint density at radius 1 is 1.45 bits per heavy atom. The third kappa shape index (κ3) is 2.70. The number of likely N-dealkylation sites (N-methyl/N-ethyl adjacent to an activating group) is 1. The highest BCUT2D eigenvalue weighted by molar-refractivity contribution is 8.01. The Bertz CT molecular complexity index is 468. The van der Waals surface area contributed by atoms with Gasteiger partial charge in [-0.1, -0.05) is 37.3 Å². The minimum absolute atomic E-state index is 0.254. The fourth-order valence-corrected chi connectivity index (χ4v) is 3.85. The maximum atomic E-state index is 13.3. The summed E-state index contributed by atoms with van der Waals surface area (Å²) in [7, 11) is 0. The van der Waals surface area contributed by atoms with E-state index in [9.17, 15) is 18.0 Å². The van der Waals surface area contributed by atoms with Crippen LogP contribution in [0.5, 0.6) is 0 Å². The number of aldehydes is 1. The Kier molecular flexibility index (Phi) is 4.41. The average Bonchev–Trinajstić information content (AvgIpc) is 2.80. The van der Waals surface area contributed by atoms with Crippen molar-refractivity contribution in [2.24, 2.45) is 0 Å². The molecule has 2 rings (SSSR count). The molecule has 0 aliphatic carbocycles. The van der Waals surface area contributed by atoms with Gasteiger partial charge >= 0.3 is 6.30 Å². The molecule has 0 amide bonds. The molecule has 1 aromatic rings. The van der Waals surface area contributed by atoms with E-state index in [4.69, 9.17) is 0 Å². The van der Waals surface area contributed by atoms with Gasteiger partial charge in [0.1, 0.15) is 0 Å². The minimum atomic E-state index is -4.56.